The maximum absolute atomic E-state index is 12.3. The van der Waals surface area contributed by atoms with Crippen LogP contribution in [-0.4, -0.2) is 23.4 Å². The number of benzene rings is 1. The number of carbonyl (C=O) groups excluding carboxylic acids is 2. The summed E-state index contributed by atoms with van der Waals surface area (Å²) in [4.78, 5) is 25.3. The first-order chi connectivity index (χ1) is 9.93. The van der Waals surface area contributed by atoms with E-state index in [0.717, 1.165) is 10.5 Å². The number of amides is 3. The minimum absolute atomic E-state index is 0.127. The fourth-order valence-corrected chi connectivity index (χ4v) is 2.31. The van der Waals surface area contributed by atoms with Gasteiger partial charge in [0, 0.05) is 6.54 Å². The number of hydrogen-bond acceptors (Lipinski definition) is 3. The third-order valence-corrected chi connectivity index (χ3v) is 3.64. The fraction of sp³-hybridized carbons (Fsp3) is 0.438. The fourth-order valence-electron chi connectivity index (χ4n) is 2.31. The van der Waals surface area contributed by atoms with Crippen LogP contribution in [0.25, 0.3) is 0 Å². The number of nitrogens with zero attached hydrogens (tertiary/aromatic N) is 2. The number of imide groups is 1. The van der Waals surface area contributed by atoms with Crippen LogP contribution in [0.15, 0.2) is 24.3 Å². The topological polar surface area (TPSA) is 73.2 Å². The molecule has 3 amide bonds. The van der Waals surface area contributed by atoms with Crippen LogP contribution in [0.4, 0.5) is 4.79 Å². The largest absolute Gasteiger partial charge is 0.325 e. The van der Waals surface area contributed by atoms with Gasteiger partial charge in [-0.05, 0) is 24.0 Å². The average Bonchev–Trinajstić information content (AvgIpc) is 2.75. The van der Waals surface area contributed by atoms with E-state index in [1.807, 2.05) is 30.3 Å². The quantitative estimate of drug-likeness (QED) is 0.864. The molecule has 0 aromatic heterocycles. The van der Waals surface area contributed by atoms with Gasteiger partial charge in [0.2, 0.25) is 0 Å². The molecule has 2 atom stereocenters. The molecule has 0 spiro atoms. The highest BCUT2D eigenvalue weighted by molar-refractivity contribution is 6.04. The van der Waals surface area contributed by atoms with Crippen LogP contribution in [0.1, 0.15) is 43.9 Å². The van der Waals surface area contributed by atoms with E-state index < -0.39 is 12.1 Å². The standard InChI is InChI=1S/C16H19N3O2/c1-10(2)12-4-6-13(7-5-12)14-15(20)19(16(21)18-14)9-11(3)8-17/h4-7,10-11,14H,9H2,1-3H3,(H,18,21). The first kappa shape index (κ1) is 15.0. The summed E-state index contributed by atoms with van der Waals surface area (Å²) in [5.74, 6) is -0.248. The molecule has 1 aromatic rings. The minimum atomic E-state index is -0.649. The Kier molecular flexibility index (Phi) is 4.27. The molecular weight excluding hydrogens is 266 g/mol. The van der Waals surface area contributed by atoms with Crippen molar-refractivity contribution in [2.45, 2.75) is 32.7 Å². The number of nitrogens with one attached hydrogen (secondary N) is 1. The van der Waals surface area contributed by atoms with Crippen LogP contribution >= 0.6 is 0 Å². The van der Waals surface area contributed by atoms with Crippen molar-refractivity contribution in [3.63, 3.8) is 0 Å². The van der Waals surface area contributed by atoms with E-state index in [-0.39, 0.29) is 18.4 Å². The predicted octanol–water partition coefficient (Wildman–Crippen LogP) is 2.56. The van der Waals surface area contributed by atoms with Crippen LogP contribution < -0.4 is 5.32 Å². The minimum Gasteiger partial charge on any atom is -0.322 e. The van der Waals surface area contributed by atoms with Gasteiger partial charge in [-0.15, -0.1) is 0 Å². The molecule has 1 N–H and O–H groups in total. The molecular formula is C16H19N3O2. The van der Waals surface area contributed by atoms with Gasteiger partial charge in [-0.2, -0.15) is 5.26 Å². The summed E-state index contributed by atoms with van der Waals surface area (Å²) in [6.07, 6.45) is 0. The molecule has 2 rings (SSSR count). The van der Waals surface area contributed by atoms with Gasteiger partial charge in [0.15, 0.2) is 0 Å². The Hall–Kier alpha value is -2.35. The van der Waals surface area contributed by atoms with E-state index in [1.54, 1.807) is 6.92 Å². The van der Waals surface area contributed by atoms with E-state index in [2.05, 4.69) is 19.2 Å². The summed E-state index contributed by atoms with van der Waals surface area (Å²) in [7, 11) is 0. The molecule has 110 valence electrons. The lowest BCUT2D eigenvalue weighted by Gasteiger charge is -2.14. The third kappa shape index (κ3) is 3.05. The second-order valence-corrected chi connectivity index (χ2v) is 5.68. The monoisotopic (exact) mass is 285 g/mol. The van der Waals surface area contributed by atoms with Gasteiger partial charge in [-0.3, -0.25) is 9.69 Å². The van der Waals surface area contributed by atoms with Crippen molar-refractivity contribution in [1.29, 1.82) is 5.26 Å². The van der Waals surface area contributed by atoms with E-state index in [1.165, 1.54) is 5.56 Å². The first-order valence-corrected chi connectivity index (χ1v) is 7.05. The Bertz CT molecular complexity index is 587. The Morgan fingerprint density at radius 2 is 1.86 bits per heavy atom. The molecule has 1 saturated heterocycles. The predicted molar refractivity (Wildman–Crippen MR) is 78.3 cm³/mol. The van der Waals surface area contributed by atoms with Crippen LogP contribution in [0, 0.1) is 17.2 Å². The van der Waals surface area contributed by atoms with Gasteiger partial charge >= 0.3 is 6.03 Å². The van der Waals surface area contributed by atoms with Crippen LogP contribution in [0.3, 0.4) is 0 Å². The molecule has 0 bridgehead atoms. The average molecular weight is 285 g/mol. The maximum atomic E-state index is 12.3. The van der Waals surface area contributed by atoms with Crippen molar-refractivity contribution in [1.82, 2.24) is 10.2 Å². The molecule has 1 fully saturated rings. The molecule has 1 aromatic carbocycles. The Morgan fingerprint density at radius 3 is 2.38 bits per heavy atom. The molecule has 0 radical (unpaired) electrons. The summed E-state index contributed by atoms with van der Waals surface area (Å²) < 4.78 is 0. The molecule has 21 heavy (non-hydrogen) atoms. The Morgan fingerprint density at radius 1 is 1.24 bits per heavy atom. The van der Waals surface area contributed by atoms with Crippen molar-refractivity contribution in [3.05, 3.63) is 35.4 Å². The van der Waals surface area contributed by atoms with Gasteiger partial charge in [-0.25, -0.2) is 4.79 Å². The van der Waals surface area contributed by atoms with Crippen LogP contribution in [0.2, 0.25) is 0 Å². The molecule has 2 unspecified atom stereocenters. The van der Waals surface area contributed by atoms with Crippen molar-refractivity contribution in [2.24, 2.45) is 5.92 Å². The summed E-state index contributed by atoms with van der Waals surface area (Å²) in [6.45, 7) is 6.01. The molecule has 5 heteroatoms. The van der Waals surface area contributed by atoms with Crippen molar-refractivity contribution < 1.29 is 9.59 Å². The second-order valence-electron chi connectivity index (χ2n) is 5.68. The van der Waals surface area contributed by atoms with Crippen molar-refractivity contribution in [3.8, 4) is 6.07 Å². The summed E-state index contributed by atoms with van der Waals surface area (Å²) in [5.41, 5.74) is 1.95. The van der Waals surface area contributed by atoms with E-state index in [0.29, 0.717) is 5.92 Å². The van der Waals surface area contributed by atoms with Crippen LogP contribution in [-0.2, 0) is 4.79 Å². The highest BCUT2D eigenvalue weighted by Crippen LogP contribution is 2.24. The maximum Gasteiger partial charge on any atom is 0.325 e. The zero-order valence-electron chi connectivity index (χ0n) is 12.5. The lowest BCUT2D eigenvalue weighted by molar-refractivity contribution is -0.127. The highest BCUT2D eigenvalue weighted by Gasteiger charge is 2.39. The smallest absolute Gasteiger partial charge is 0.322 e. The molecule has 0 aliphatic carbocycles. The van der Waals surface area contributed by atoms with Crippen molar-refractivity contribution >= 4 is 11.9 Å². The first-order valence-electron chi connectivity index (χ1n) is 7.05. The SMILES string of the molecule is CC(C#N)CN1C(=O)NC(c2ccc(C(C)C)cc2)C1=O. The molecule has 5 nitrogen and oxygen atoms in total. The Labute approximate surface area is 124 Å². The van der Waals surface area contributed by atoms with Crippen molar-refractivity contribution in [2.75, 3.05) is 6.54 Å². The second kappa shape index (κ2) is 5.96. The zero-order valence-corrected chi connectivity index (χ0v) is 12.5. The summed E-state index contributed by atoms with van der Waals surface area (Å²) in [5, 5.41) is 11.5. The summed E-state index contributed by atoms with van der Waals surface area (Å²) in [6, 6.07) is 8.64. The molecule has 0 saturated carbocycles. The number of carbonyl (C=O) groups is 2. The lowest BCUT2D eigenvalue weighted by atomic mass is 9.99. The number of nitriles is 1. The third-order valence-electron chi connectivity index (χ3n) is 3.64. The number of hydrogen-bond donors (Lipinski definition) is 1. The van der Waals surface area contributed by atoms with Gasteiger partial charge in [0.25, 0.3) is 5.91 Å². The van der Waals surface area contributed by atoms with Gasteiger partial charge in [0.1, 0.15) is 6.04 Å². The Balaban J connectivity index is 2.17. The lowest BCUT2D eigenvalue weighted by Crippen LogP contribution is -2.34. The van der Waals surface area contributed by atoms with E-state index >= 15 is 0 Å². The normalized spacial score (nSPS) is 19.6. The highest BCUT2D eigenvalue weighted by atomic mass is 16.2. The van der Waals surface area contributed by atoms with Gasteiger partial charge in [-0.1, -0.05) is 38.1 Å². The summed E-state index contributed by atoms with van der Waals surface area (Å²) >= 11 is 0. The van der Waals surface area contributed by atoms with Gasteiger partial charge in [0.05, 0.1) is 12.0 Å². The molecule has 1 heterocycles. The number of urea groups is 1. The van der Waals surface area contributed by atoms with E-state index in [9.17, 15) is 9.59 Å². The number of rotatable bonds is 4. The van der Waals surface area contributed by atoms with E-state index in [4.69, 9.17) is 5.26 Å². The zero-order chi connectivity index (χ0) is 15.6. The van der Waals surface area contributed by atoms with Gasteiger partial charge < -0.3 is 5.32 Å². The molecule has 1 aliphatic rings. The van der Waals surface area contributed by atoms with Crippen LogP contribution in [0.5, 0.6) is 0 Å². The molecule has 1 aliphatic heterocycles.